The number of amides is 1. The highest BCUT2D eigenvalue weighted by molar-refractivity contribution is 6.44. The molecule has 0 saturated carbocycles. The van der Waals surface area contributed by atoms with E-state index in [9.17, 15) is 14.9 Å². The summed E-state index contributed by atoms with van der Waals surface area (Å²) in [5, 5.41) is 25.2. The highest BCUT2D eigenvalue weighted by Crippen LogP contribution is 2.30. The second kappa shape index (κ2) is 8.14. The number of halogens is 2. The number of carbonyl (C=O) groups is 1. The van der Waals surface area contributed by atoms with Crippen LogP contribution in [-0.2, 0) is 0 Å². The summed E-state index contributed by atoms with van der Waals surface area (Å²) in [5.41, 5.74) is -0.354. The number of rotatable bonds is 7. The zero-order valence-corrected chi connectivity index (χ0v) is 12.7. The van der Waals surface area contributed by atoms with Crippen LogP contribution in [0.1, 0.15) is 17.3 Å². The van der Waals surface area contributed by atoms with Gasteiger partial charge in [-0.15, -0.1) is 0 Å². The molecule has 1 aromatic carbocycles. The van der Waals surface area contributed by atoms with Gasteiger partial charge in [-0.2, -0.15) is 0 Å². The SMILES string of the molecule is CC(O)CNCCNC(=O)c1cc([N+](=O)[O-])cc(Cl)c1Cl. The van der Waals surface area contributed by atoms with Crippen LogP contribution in [0.15, 0.2) is 12.1 Å². The molecule has 1 aromatic rings. The van der Waals surface area contributed by atoms with Crippen LogP contribution >= 0.6 is 23.2 Å². The molecule has 1 rings (SSSR count). The lowest BCUT2D eigenvalue weighted by Gasteiger charge is -2.09. The molecule has 0 aliphatic heterocycles. The van der Waals surface area contributed by atoms with Crippen LogP contribution in [0.2, 0.25) is 10.0 Å². The molecule has 116 valence electrons. The van der Waals surface area contributed by atoms with Gasteiger partial charge in [0.15, 0.2) is 0 Å². The van der Waals surface area contributed by atoms with Gasteiger partial charge in [-0.1, -0.05) is 23.2 Å². The van der Waals surface area contributed by atoms with Crippen LogP contribution in [0.5, 0.6) is 0 Å². The number of nitrogens with zero attached hydrogens (tertiary/aromatic N) is 1. The predicted molar refractivity (Wildman–Crippen MR) is 80.0 cm³/mol. The quantitative estimate of drug-likeness (QED) is 0.399. The van der Waals surface area contributed by atoms with Crippen LogP contribution in [0.3, 0.4) is 0 Å². The maximum Gasteiger partial charge on any atom is 0.271 e. The Morgan fingerprint density at radius 1 is 1.43 bits per heavy atom. The lowest BCUT2D eigenvalue weighted by molar-refractivity contribution is -0.384. The van der Waals surface area contributed by atoms with E-state index in [0.29, 0.717) is 13.1 Å². The van der Waals surface area contributed by atoms with Crippen molar-refractivity contribution in [3.63, 3.8) is 0 Å². The first kappa shape index (κ1) is 17.6. The number of hydrogen-bond donors (Lipinski definition) is 3. The summed E-state index contributed by atoms with van der Waals surface area (Å²) in [6.07, 6.45) is -0.481. The Hall–Kier alpha value is -1.41. The standard InChI is InChI=1S/C12H15Cl2N3O4/c1-7(18)6-15-2-3-16-12(19)9-4-8(17(20)21)5-10(13)11(9)14/h4-5,7,15,18H,2-3,6H2,1H3,(H,16,19). The number of non-ortho nitro benzene ring substituents is 1. The van der Waals surface area contributed by atoms with Crippen LogP contribution < -0.4 is 10.6 Å². The van der Waals surface area contributed by atoms with E-state index in [4.69, 9.17) is 28.3 Å². The Morgan fingerprint density at radius 3 is 2.67 bits per heavy atom. The van der Waals surface area contributed by atoms with Crippen molar-refractivity contribution < 1.29 is 14.8 Å². The predicted octanol–water partition coefficient (Wildman–Crippen LogP) is 1.60. The summed E-state index contributed by atoms with van der Waals surface area (Å²) in [5.74, 6) is -0.551. The smallest absolute Gasteiger partial charge is 0.271 e. The molecule has 9 heteroatoms. The van der Waals surface area contributed by atoms with Crippen molar-refractivity contribution in [2.45, 2.75) is 13.0 Å². The number of aliphatic hydroxyl groups is 1. The average molecular weight is 336 g/mol. The van der Waals surface area contributed by atoms with Crippen molar-refractivity contribution >= 4 is 34.8 Å². The van der Waals surface area contributed by atoms with Crippen molar-refractivity contribution in [3.8, 4) is 0 Å². The molecular formula is C12H15Cl2N3O4. The van der Waals surface area contributed by atoms with Gasteiger partial charge >= 0.3 is 0 Å². The lowest BCUT2D eigenvalue weighted by atomic mass is 10.2. The topological polar surface area (TPSA) is 104 Å². The van der Waals surface area contributed by atoms with E-state index in [1.807, 2.05) is 0 Å². The monoisotopic (exact) mass is 335 g/mol. The van der Waals surface area contributed by atoms with Crippen molar-refractivity contribution in [3.05, 3.63) is 37.9 Å². The van der Waals surface area contributed by atoms with Gasteiger partial charge < -0.3 is 15.7 Å². The van der Waals surface area contributed by atoms with Crippen molar-refractivity contribution in [2.24, 2.45) is 0 Å². The molecule has 3 N–H and O–H groups in total. The Kier molecular flexibility index (Phi) is 6.83. The van der Waals surface area contributed by atoms with Gasteiger partial charge in [-0.05, 0) is 6.92 Å². The highest BCUT2D eigenvalue weighted by atomic mass is 35.5. The molecule has 0 bridgehead atoms. The second-order valence-electron chi connectivity index (χ2n) is 4.36. The van der Waals surface area contributed by atoms with E-state index >= 15 is 0 Å². The minimum atomic E-state index is -0.650. The molecule has 0 aliphatic rings. The minimum absolute atomic E-state index is 0.0308. The maximum atomic E-state index is 11.9. The summed E-state index contributed by atoms with van der Waals surface area (Å²) in [6.45, 7) is 2.76. The van der Waals surface area contributed by atoms with E-state index in [1.54, 1.807) is 6.92 Å². The van der Waals surface area contributed by atoms with Gasteiger partial charge in [0.1, 0.15) is 0 Å². The Labute approximate surface area is 131 Å². The van der Waals surface area contributed by atoms with Crippen molar-refractivity contribution in [1.82, 2.24) is 10.6 Å². The van der Waals surface area contributed by atoms with E-state index in [2.05, 4.69) is 10.6 Å². The molecule has 0 radical (unpaired) electrons. The highest BCUT2D eigenvalue weighted by Gasteiger charge is 2.19. The largest absolute Gasteiger partial charge is 0.392 e. The van der Waals surface area contributed by atoms with Crippen LogP contribution in [0, 0.1) is 10.1 Å². The van der Waals surface area contributed by atoms with Crippen LogP contribution in [0.25, 0.3) is 0 Å². The Bertz CT molecular complexity index is 537. The molecule has 0 fully saturated rings. The van der Waals surface area contributed by atoms with Gasteiger partial charge in [0.05, 0.1) is 26.6 Å². The lowest BCUT2D eigenvalue weighted by Crippen LogP contribution is -2.34. The zero-order chi connectivity index (χ0) is 16.0. The molecule has 0 heterocycles. The molecular weight excluding hydrogens is 321 g/mol. The third-order valence-corrected chi connectivity index (χ3v) is 3.30. The summed E-state index contributed by atoms with van der Waals surface area (Å²) in [7, 11) is 0. The number of hydrogen-bond acceptors (Lipinski definition) is 5. The maximum absolute atomic E-state index is 11.9. The molecule has 0 aromatic heterocycles. The fourth-order valence-electron chi connectivity index (χ4n) is 1.52. The van der Waals surface area contributed by atoms with Gasteiger partial charge in [-0.3, -0.25) is 14.9 Å². The molecule has 1 unspecified atom stereocenters. The van der Waals surface area contributed by atoms with Crippen molar-refractivity contribution in [2.75, 3.05) is 19.6 Å². The number of nitro benzene ring substituents is 1. The third-order valence-electron chi connectivity index (χ3n) is 2.50. The molecule has 0 aliphatic carbocycles. The average Bonchev–Trinajstić information content (AvgIpc) is 2.40. The summed E-state index contributed by atoms with van der Waals surface area (Å²) >= 11 is 11.7. The van der Waals surface area contributed by atoms with Gasteiger partial charge in [0.2, 0.25) is 0 Å². The number of nitrogens with one attached hydrogen (secondary N) is 2. The molecule has 21 heavy (non-hydrogen) atoms. The fourth-order valence-corrected chi connectivity index (χ4v) is 1.92. The third kappa shape index (κ3) is 5.47. The first-order chi connectivity index (χ1) is 9.82. The zero-order valence-electron chi connectivity index (χ0n) is 11.2. The molecule has 1 amide bonds. The molecule has 7 nitrogen and oxygen atoms in total. The molecule has 1 atom stereocenters. The fraction of sp³-hybridized carbons (Fsp3) is 0.417. The van der Waals surface area contributed by atoms with E-state index < -0.39 is 16.9 Å². The summed E-state index contributed by atoms with van der Waals surface area (Å²) < 4.78 is 0. The van der Waals surface area contributed by atoms with Crippen LogP contribution in [-0.4, -0.2) is 41.7 Å². The van der Waals surface area contributed by atoms with E-state index in [1.165, 1.54) is 0 Å². The van der Waals surface area contributed by atoms with E-state index in [-0.39, 0.29) is 27.8 Å². The summed E-state index contributed by atoms with van der Waals surface area (Å²) in [4.78, 5) is 22.0. The first-order valence-electron chi connectivity index (χ1n) is 6.13. The van der Waals surface area contributed by atoms with E-state index in [0.717, 1.165) is 12.1 Å². The number of aliphatic hydroxyl groups excluding tert-OH is 1. The molecule has 0 saturated heterocycles. The minimum Gasteiger partial charge on any atom is -0.392 e. The van der Waals surface area contributed by atoms with Crippen LogP contribution in [0.4, 0.5) is 5.69 Å². The molecule has 0 spiro atoms. The van der Waals surface area contributed by atoms with Crippen molar-refractivity contribution in [1.29, 1.82) is 0 Å². The van der Waals surface area contributed by atoms with Gasteiger partial charge in [0.25, 0.3) is 11.6 Å². The number of benzene rings is 1. The van der Waals surface area contributed by atoms with Gasteiger partial charge in [-0.25, -0.2) is 0 Å². The second-order valence-corrected chi connectivity index (χ2v) is 5.14. The normalized spacial score (nSPS) is 12.0. The number of nitro groups is 1. The summed E-state index contributed by atoms with van der Waals surface area (Å²) in [6, 6.07) is 2.16. The number of carbonyl (C=O) groups excluding carboxylic acids is 1. The Morgan fingerprint density at radius 2 is 2.10 bits per heavy atom. The Balaban J connectivity index is 2.67. The van der Waals surface area contributed by atoms with Gasteiger partial charge in [0, 0.05) is 31.8 Å². The first-order valence-corrected chi connectivity index (χ1v) is 6.89.